The molecule has 1 unspecified atom stereocenters. The summed E-state index contributed by atoms with van der Waals surface area (Å²) in [5.41, 5.74) is 0. The minimum atomic E-state index is -0.197. The highest BCUT2D eigenvalue weighted by atomic mass is 16.5. The van der Waals surface area contributed by atoms with E-state index in [1.165, 1.54) is 12.8 Å². The van der Waals surface area contributed by atoms with Crippen molar-refractivity contribution in [1.82, 2.24) is 10.2 Å². The van der Waals surface area contributed by atoms with E-state index in [1.54, 1.807) is 0 Å². The first kappa shape index (κ1) is 17.1. The zero-order chi connectivity index (χ0) is 16.1. The molecule has 3 rings (SSSR count). The fourth-order valence-corrected chi connectivity index (χ4v) is 3.63. The van der Waals surface area contributed by atoms with Gasteiger partial charge in [0.05, 0.1) is 31.5 Å². The average molecular weight is 326 g/mol. The Morgan fingerprint density at radius 2 is 2.00 bits per heavy atom. The van der Waals surface area contributed by atoms with Gasteiger partial charge in [-0.25, -0.2) is 0 Å². The lowest BCUT2D eigenvalue weighted by Crippen LogP contribution is -2.57. The van der Waals surface area contributed by atoms with Crippen LogP contribution in [0.2, 0.25) is 0 Å². The minimum absolute atomic E-state index is 0.0475. The zero-order valence-electron chi connectivity index (χ0n) is 14.2. The number of morpholine rings is 1. The van der Waals surface area contributed by atoms with Crippen molar-refractivity contribution >= 4 is 5.91 Å². The van der Waals surface area contributed by atoms with Crippen LogP contribution in [0.3, 0.4) is 0 Å². The molecule has 0 aromatic heterocycles. The first-order valence-corrected chi connectivity index (χ1v) is 9.11. The SMILES string of the molecule is C[C@H]1OCCN[C@@H]1C(=O)N1CCC(OCC2CCCCO2)CC1. The number of carbonyl (C=O) groups excluding carboxylic acids is 1. The Morgan fingerprint density at radius 3 is 2.70 bits per heavy atom. The maximum Gasteiger partial charge on any atom is 0.242 e. The number of likely N-dealkylation sites (tertiary alicyclic amines) is 1. The summed E-state index contributed by atoms with van der Waals surface area (Å²) in [6, 6.07) is -0.197. The Balaban J connectivity index is 1.38. The van der Waals surface area contributed by atoms with Crippen molar-refractivity contribution in [2.45, 2.75) is 63.4 Å². The highest BCUT2D eigenvalue weighted by Crippen LogP contribution is 2.19. The molecule has 0 bridgehead atoms. The second-order valence-corrected chi connectivity index (χ2v) is 6.85. The van der Waals surface area contributed by atoms with Gasteiger partial charge in [0, 0.05) is 26.2 Å². The highest BCUT2D eigenvalue weighted by Gasteiger charge is 2.33. The van der Waals surface area contributed by atoms with Gasteiger partial charge >= 0.3 is 0 Å². The molecule has 0 aromatic rings. The van der Waals surface area contributed by atoms with Crippen LogP contribution in [0.4, 0.5) is 0 Å². The van der Waals surface area contributed by atoms with Gasteiger partial charge in [-0.15, -0.1) is 0 Å². The molecular formula is C17H30N2O4. The molecule has 23 heavy (non-hydrogen) atoms. The Bertz CT molecular complexity index is 379. The van der Waals surface area contributed by atoms with E-state index in [0.717, 1.165) is 45.5 Å². The molecule has 3 heterocycles. The molecular weight excluding hydrogens is 296 g/mol. The van der Waals surface area contributed by atoms with Crippen molar-refractivity contribution in [3.8, 4) is 0 Å². The molecule has 3 saturated heterocycles. The number of rotatable bonds is 4. The smallest absolute Gasteiger partial charge is 0.242 e. The molecule has 6 nitrogen and oxygen atoms in total. The Morgan fingerprint density at radius 1 is 1.17 bits per heavy atom. The van der Waals surface area contributed by atoms with E-state index in [-0.39, 0.29) is 30.3 Å². The number of ether oxygens (including phenoxy) is 3. The van der Waals surface area contributed by atoms with Gasteiger partial charge in [0.1, 0.15) is 6.04 Å². The van der Waals surface area contributed by atoms with Crippen molar-refractivity contribution in [2.75, 3.05) is 39.5 Å². The fraction of sp³-hybridized carbons (Fsp3) is 0.941. The van der Waals surface area contributed by atoms with Crippen molar-refractivity contribution in [1.29, 1.82) is 0 Å². The minimum Gasteiger partial charge on any atom is -0.376 e. The van der Waals surface area contributed by atoms with Crippen LogP contribution in [-0.2, 0) is 19.0 Å². The molecule has 3 atom stereocenters. The van der Waals surface area contributed by atoms with Crippen LogP contribution in [0.1, 0.15) is 39.0 Å². The molecule has 3 fully saturated rings. The molecule has 3 aliphatic heterocycles. The molecule has 0 radical (unpaired) electrons. The van der Waals surface area contributed by atoms with Gasteiger partial charge in [0.2, 0.25) is 5.91 Å². The fourth-order valence-electron chi connectivity index (χ4n) is 3.63. The van der Waals surface area contributed by atoms with E-state index < -0.39 is 0 Å². The van der Waals surface area contributed by atoms with Crippen LogP contribution < -0.4 is 5.32 Å². The lowest BCUT2D eigenvalue weighted by atomic mass is 10.0. The molecule has 132 valence electrons. The van der Waals surface area contributed by atoms with Gasteiger partial charge in [0.25, 0.3) is 0 Å². The third kappa shape index (κ3) is 4.66. The van der Waals surface area contributed by atoms with Gasteiger partial charge in [-0.05, 0) is 39.0 Å². The second kappa shape index (κ2) is 8.42. The third-order valence-corrected chi connectivity index (χ3v) is 5.13. The van der Waals surface area contributed by atoms with Gasteiger partial charge in [-0.3, -0.25) is 4.79 Å². The van der Waals surface area contributed by atoms with Crippen LogP contribution in [0.5, 0.6) is 0 Å². The highest BCUT2D eigenvalue weighted by molar-refractivity contribution is 5.82. The number of hydrogen-bond donors (Lipinski definition) is 1. The lowest BCUT2D eigenvalue weighted by Gasteiger charge is -2.37. The summed E-state index contributed by atoms with van der Waals surface area (Å²) in [7, 11) is 0. The number of amides is 1. The van der Waals surface area contributed by atoms with Crippen LogP contribution in [0.25, 0.3) is 0 Å². The normalized spacial score (nSPS) is 33.6. The van der Waals surface area contributed by atoms with Gasteiger partial charge in [0.15, 0.2) is 0 Å². The van der Waals surface area contributed by atoms with Crippen LogP contribution in [0, 0.1) is 0 Å². The summed E-state index contributed by atoms with van der Waals surface area (Å²) >= 11 is 0. The van der Waals surface area contributed by atoms with E-state index in [1.807, 2.05) is 11.8 Å². The largest absolute Gasteiger partial charge is 0.376 e. The number of carbonyl (C=O) groups is 1. The van der Waals surface area contributed by atoms with E-state index in [0.29, 0.717) is 13.2 Å². The Labute approximate surface area is 138 Å². The van der Waals surface area contributed by atoms with E-state index in [9.17, 15) is 4.79 Å². The number of hydrogen-bond acceptors (Lipinski definition) is 5. The molecule has 0 aromatic carbocycles. The summed E-state index contributed by atoms with van der Waals surface area (Å²) in [6.07, 6.45) is 5.85. The topological polar surface area (TPSA) is 60.0 Å². The Kier molecular flexibility index (Phi) is 6.28. The summed E-state index contributed by atoms with van der Waals surface area (Å²) in [5, 5.41) is 3.28. The van der Waals surface area contributed by atoms with Crippen LogP contribution in [-0.4, -0.2) is 74.6 Å². The monoisotopic (exact) mass is 326 g/mol. The van der Waals surface area contributed by atoms with E-state index in [2.05, 4.69) is 5.32 Å². The van der Waals surface area contributed by atoms with E-state index >= 15 is 0 Å². The van der Waals surface area contributed by atoms with Gasteiger partial charge in [-0.1, -0.05) is 0 Å². The molecule has 3 aliphatic rings. The first-order chi connectivity index (χ1) is 11.2. The summed E-state index contributed by atoms with van der Waals surface area (Å²) in [4.78, 5) is 14.6. The van der Waals surface area contributed by atoms with Crippen LogP contribution >= 0.6 is 0 Å². The van der Waals surface area contributed by atoms with Crippen LogP contribution in [0.15, 0.2) is 0 Å². The summed E-state index contributed by atoms with van der Waals surface area (Å²) in [6.45, 7) is 6.53. The number of nitrogens with zero attached hydrogens (tertiary/aromatic N) is 1. The average Bonchev–Trinajstić information content (AvgIpc) is 2.61. The zero-order valence-corrected chi connectivity index (χ0v) is 14.2. The van der Waals surface area contributed by atoms with Crippen molar-refractivity contribution < 1.29 is 19.0 Å². The Hall–Kier alpha value is -0.690. The molecule has 0 spiro atoms. The maximum absolute atomic E-state index is 12.6. The summed E-state index contributed by atoms with van der Waals surface area (Å²) in [5.74, 6) is 0.172. The lowest BCUT2D eigenvalue weighted by molar-refractivity contribution is -0.142. The molecule has 6 heteroatoms. The molecule has 1 N–H and O–H groups in total. The van der Waals surface area contributed by atoms with Crippen molar-refractivity contribution in [3.05, 3.63) is 0 Å². The molecule has 0 saturated carbocycles. The number of nitrogens with one attached hydrogen (secondary N) is 1. The van der Waals surface area contributed by atoms with Gasteiger partial charge < -0.3 is 24.4 Å². The second-order valence-electron chi connectivity index (χ2n) is 6.85. The predicted octanol–water partition coefficient (Wildman–Crippen LogP) is 0.940. The third-order valence-electron chi connectivity index (χ3n) is 5.13. The quantitative estimate of drug-likeness (QED) is 0.833. The van der Waals surface area contributed by atoms with Gasteiger partial charge in [-0.2, -0.15) is 0 Å². The first-order valence-electron chi connectivity index (χ1n) is 9.11. The van der Waals surface area contributed by atoms with Crippen molar-refractivity contribution in [3.63, 3.8) is 0 Å². The van der Waals surface area contributed by atoms with Crippen molar-refractivity contribution in [2.24, 2.45) is 0 Å². The maximum atomic E-state index is 12.6. The summed E-state index contributed by atoms with van der Waals surface area (Å²) < 4.78 is 17.3. The number of piperidine rings is 1. The molecule has 0 aliphatic carbocycles. The van der Waals surface area contributed by atoms with E-state index in [4.69, 9.17) is 14.2 Å². The predicted molar refractivity (Wildman–Crippen MR) is 86.3 cm³/mol. The standard InChI is InChI=1S/C17H30N2O4/c1-13-16(18-7-11-21-13)17(20)19-8-5-14(6-9-19)23-12-15-4-2-3-10-22-15/h13-16,18H,2-12H2,1H3/t13-,15?,16+/m1/s1. The molecule has 1 amide bonds.